The van der Waals surface area contributed by atoms with E-state index >= 15 is 0 Å². The van der Waals surface area contributed by atoms with Crippen molar-refractivity contribution in [3.8, 4) is 0 Å². The van der Waals surface area contributed by atoms with Crippen molar-refractivity contribution in [2.24, 2.45) is 0 Å². The molecule has 10 heteroatoms. The number of benzene rings is 1. The Morgan fingerprint density at radius 1 is 1.29 bits per heavy atom. The maximum absolute atomic E-state index is 12.1. The number of nitrogens with zero attached hydrogens (tertiary/aromatic N) is 3. The molecule has 1 N–H and O–H groups in total. The third-order valence-electron chi connectivity index (χ3n) is 2.98. The SMILES string of the molecule is Cc1ncsc1C(=O)Nc1nnc(SCc2c(Cl)cccc2Cl)s1. The van der Waals surface area contributed by atoms with Crippen LogP contribution < -0.4 is 5.32 Å². The number of thioether (sulfide) groups is 1. The van der Waals surface area contributed by atoms with Crippen LogP contribution in [-0.4, -0.2) is 21.1 Å². The summed E-state index contributed by atoms with van der Waals surface area (Å²) in [5.74, 6) is 0.353. The number of nitrogens with one attached hydrogen (secondary N) is 1. The van der Waals surface area contributed by atoms with E-state index in [-0.39, 0.29) is 5.91 Å². The fraction of sp³-hybridized carbons (Fsp3) is 0.143. The molecule has 24 heavy (non-hydrogen) atoms. The molecule has 0 bridgehead atoms. The van der Waals surface area contributed by atoms with E-state index in [2.05, 4.69) is 20.5 Å². The van der Waals surface area contributed by atoms with Gasteiger partial charge in [0.1, 0.15) is 4.88 Å². The molecule has 0 atom stereocenters. The molecule has 0 saturated carbocycles. The van der Waals surface area contributed by atoms with Crippen LogP contribution in [-0.2, 0) is 5.75 Å². The first-order valence-corrected chi connectivity index (χ1v) is 10.1. The van der Waals surface area contributed by atoms with Crippen LogP contribution in [0.3, 0.4) is 0 Å². The summed E-state index contributed by atoms with van der Waals surface area (Å²) in [5, 5.41) is 12.5. The lowest BCUT2D eigenvalue weighted by atomic mass is 10.2. The Morgan fingerprint density at radius 3 is 2.71 bits per heavy atom. The Morgan fingerprint density at radius 2 is 2.04 bits per heavy atom. The molecule has 0 saturated heterocycles. The van der Waals surface area contributed by atoms with Crippen molar-refractivity contribution < 1.29 is 4.79 Å². The molecule has 1 aromatic carbocycles. The van der Waals surface area contributed by atoms with Crippen molar-refractivity contribution >= 4 is 68.7 Å². The van der Waals surface area contributed by atoms with E-state index in [1.807, 2.05) is 0 Å². The second kappa shape index (κ2) is 7.79. The fourth-order valence-corrected chi connectivity index (χ4v) is 4.98. The second-order valence-electron chi connectivity index (χ2n) is 4.58. The van der Waals surface area contributed by atoms with Gasteiger partial charge in [-0.15, -0.1) is 21.5 Å². The van der Waals surface area contributed by atoms with Crippen LogP contribution in [0.25, 0.3) is 0 Å². The van der Waals surface area contributed by atoms with Gasteiger partial charge >= 0.3 is 0 Å². The van der Waals surface area contributed by atoms with Crippen LogP contribution in [0.15, 0.2) is 28.0 Å². The van der Waals surface area contributed by atoms with E-state index in [9.17, 15) is 4.79 Å². The minimum absolute atomic E-state index is 0.225. The molecule has 0 aliphatic heterocycles. The molecule has 2 aromatic heterocycles. The third-order valence-corrected chi connectivity index (χ3v) is 6.61. The average Bonchev–Trinajstić information content (AvgIpc) is 3.16. The maximum Gasteiger partial charge on any atom is 0.269 e. The maximum atomic E-state index is 12.1. The van der Waals surface area contributed by atoms with E-state index in [0.717, 1.165) is 9.90 Å². The smallest absolute Gasteiger partial charge is 0.269 e. The molecule has 3 aromatic rings. The number of hydrogen-bond acceptors (Lipinski definition) is 7. The number of amides is 1. The highest BCUT2D eigenvalue weighted by Crippen LogP contribution is 2.33. The van der Waals surface area contributed by atoms with Crippen LogP contribution >= 0.6 is 57.6 Å². The summed E-state index contributed by atoms with van der Waals surface area (Å²) in [6.07, 6.45) is 0. The third kappa shape index (κ3) is 4.07. The average molecular weight is 417 g/mol. The van der Waals surface area contributed by atoms with Crippen molar-refractivity contribution in [3.05, 3.63) is 49.9 Å². The lowest BCUT2D eigenvalue weighted by molar-refractivity contribution is 0.102. The molecule has 3 rings (SSSR count). The summed E-state index contributed by atoms with van der Waals surface area (Å²) in [6, 6.07) is 5.40. The summed E-state index contributed by atoms with van der Waals surface area (Å²) in [5.41, 5.74) is 3.19. The first kappa shape index (κ1) is 17.6. The summed E-state index contributed by atoms with van der Waals surface area (Å²) >= 11 is 16.4. The van der Waals surface area contributed by atoms with Crippen LogP contribution in [0, 0.1) is 6.92 Å². The van der Waals surface area contributed by atoms with Gasteiger partial charge in [0.25, 0.3) is 5.91 Å². The Labute approximate surface area is 160 Å². The fourth-order valence-electron chi connectivity index (χ4n) is 1.80. The molecule has 0 fully saturated rings. The molecule has 1 amide bonds. The molecule has 124 valence electrons. The van der Waals surface area contributed by atoms with Gasteiger partial charge in [-0.25, -0.2) is 4.98 Å². The highest BCUT2D eigenvalue weighted by atomic mass is 35.5. The number of rotatable bonds is 5. The molecule has 0 radical (unpaired) electrons. The largest absolute Gasteiger partial charge is 0.296 e. The number of carbonyl (C=O) groups excluding carboxylic acids is 1. The Kier molecular flexibility index (Phi) is 5.72. The predicted octanol–water partition coefficient (Wildman–Crippen LogP) is 5.15. The standard InChI is InChI=1S/C14H10Cl2N4OS3/c1-7-11(23-6-17-7)12(21)18-13-19-20-14(24-13)22-5-8-9(15)3-2-4-10(8)16/h2-4,6H,5H2,1H3,(H,18,19,21). The highest BCUT2D eigenvalue weighted by molar-refractivity contribution is 8.00. The van der Waals surface area contributed by atoms with Crippen molar-refractivity contribution in [1.82, 2.24) is 15.2 Å². The van der Waals surface area contributed by atoms with Crippen LogP contribution in [0.2, 0.25) is 10.0 Å². The number of carbonyl (C=O) groups is 1. The number of aryl methyl sites for hydroxylation is 1. The summed E-state index contributed by atoms with van der Waals surface area (Å²) in [6.45, 7) is 1.79. The number of hydrogen-bond donors (Lipinski definition) is 1. The first-order valence-electron chi connectivity index (χ1n) is 6.65. The molecule has 2 heterocycles. The van der Waals surface area contributed by atoms with Crippen molar-refractivity contribution in [3.63, 3.8) is 0 Å². The number of halogens is 2. The quantitative estimate of drug-likeness (QED) is 0.459. The number of thiazole rings is 1. The Hall–Kier alpha value is -1.19. The van der Waals surface area contributed by atoms with Crippen LogP contribution in [0.4, 0.5) is 5.13 Å². The summed E-state index contributed by atoms with van der Waals surface area (Å²) in [7, 11) is 0. The molecule has 0 unspecified atom stereocenters. The van der Waals surface area contributed by atoms with Gasteiger partial charge in [-0.3, -0.25) is 10.1 Å². The van der Waals surface area contributed by atoms with E-state index in [0.29, 0.717) is 31.5 Å². The van der Waals surface area contributed by atoms with Gasteiger partial charge in [0.15, 0.2) is 4.34 Å². The van der Waals surface area contributed by atoms with Crippen molar-refractivity contribution in [2.45, 2.75) is 17.0 Å². The zero-order valence-electron chi connectivity index (χ0n) is 12.2. The Balaban J connectivity index is 1.64. The Bertz CT molecular complexity index is 860. The lowest BCUT2D eigenvalue weighted by Crippen LogP contribution is -2.11. The number of aromatic nitrogens is 3. The molecule has 0 aliphatic rings. The highest BCUT2D eigenvalue weighted by Gasteiger charge is 2.15. The van der Waals surface area contributed by atoms with Gasteiger partial charge in [0.2, 0.25) is 5.13 Å². The second-order valence-corrected chi connectivity index (χ2v) is 8.45. The van der Waals surface area contributed by atoms with E-state index in [1.165, 1.54) is 34.4 Å². The minimum Gasteiger partial charge on any atom is -0.296 e. The zero-order chi connectivity index (χ0) is 17.1. The minimum atomic E-state index is -0.225. The normalized spacial score (nSPS) is 10.8. The summed E-state index contributed by atoms with van der Waals surface area (Å²) < 4.78 is 0.724. The number of anilines is 1. The van der Waals surface area contributed by atoms with Crippen LogP contribution in [0.1, 0.15) is 20.9 Å². The lowest BCUT2D eigenvalue weighted by Gasteiger charge is -2.04. The van der Waals surface area contributed by atoms with Crippen LogP contribution in [0.5, 0.6) is 0 Å². The van der Waals surface area contributed by atoms with E-state index < -0.39 is 0 Å². The van der Waals surface area contributed by atoms with Crippen molar-refractivity contribution in [2.75, 3.05) is 5.32 Å². The van der Waals surface area contributed by atoms with Gasteiger partial charge in [-0.1, -0.05) is 52.4 Å². The molecular formula is C14H10Cl2N4OS3. The molecule has 5 nitrogen and oxygen atoms in total. The monoisotopic (exact) mass is 416 g/mol. The molecule has 0 spiro atoms. The predicted molar refractivity (Wildman–Crippen MR) is 101 cm³/mol. The van der Waals surface area contributed by atoms with Crippen molar-refractivity contribution in [1.29, 1.82) is 0 Å². The van der Waals surface area contributed by atoms with Gasteiger partial charge in [-0.05, 0) is 24.6 Å². The van der Waals surface area contributed by atoms with E-state index in [1.54, 1.807) is 30.6 Å². The van der Waals surface area contributed by atoms with Gasteiger partial charge in [-0.2, -0.15) is 0 Å². The zero-order valence-corrected chi connectivity index (χ0v) is 16.2. The molecule has 0 aliphatic carbocycles. The first-order chi connectivity index (χ1) is 11.5. The molecular weight excluding hydrogens is 407 g/mol. The van der Waals surface area contributed by atoms with Gasteiger partial charge in [0, 0.05) is 15.8 Å². The topological polar surface area (TPSA) is 67.8 Å². The van der Waals surface area contributed by atoms with Gasteiger partial charge in [0.05, 0.1) is 11.2 Å². The van der Waals surface area contributed by atoms with E-state index in [4.69, 9.17) is 23.2 Å². The van der Waals surface area contributed by atoms with Gasteiger partial charge < -0.3 is 0 Å². The summed E-state index contributed by atoms with van der Waals surface area (Å²) in [4.78, 5) is 16.8.